The molecule has 0 spiro atoms. The highest BCUT2D eigenvalue weighted by molar-refractivity contribution is 5.55. The van der Waals surface area contributed by atoms with Crippen molar-refractivity contribution in [2.24, 2.45) is 0 Å². The van der Waals surface area contributed by atoms with E-state index < -0.39 is 0 Å². The van der Waals surface area contributed by atoms with Gasteiger partial charge >= 0.3 is 0 Å². The second-order valence-corrected chi connectivity index (χ2v) is 5.02. The van der Waals surface area contributed by atoms with Gasteiger partial charge in [0.25, 0.3) is 0 Å². The SMILES string of the molecule is CC(C)(c1ccc(N)cc1)c1ccc(N)c(O)c1. The van der Waals surface area contributed by atoms with Crippen molar-refractivity contribution in [3.8, 4) is 5.75 Å². The van der Waals surface area contributed by atoms with Crippen molar-refractivity contribution in [1.29, 1.82) is 0 Å². The summed E-state index contributed by atoms with van der Waals surface area (Å²) >= 11 is 0. The molecule has 2 aromatic carbocycles. The molecule has 0 bridgehead atoms. The Hall–Kier alpha value is -2.16. The third kappa shape index (κ3) is 2.12. The zero-order valence-electron chi connectivity index (χ0n) is 10.6. The number of benzene rings is 2. The van der Waals surface area contributed by atoms with Gasteiger partial charge in [0.15, 0.2) is 0 Å². The van der Waals surface area contributed by atoms with E-state index in [4.69, 9.17) is 11.5 Å². The maximum Gasteiger partial charge on any atom is 0.138 e. The average molecular weight is 242 g/mol. The van der Waals surface area contributed by atoms with Gasteiger partial charge in [0.1, 0.15) is 5.75 Å². The molecule has 0 aliphatic heterocycles. The first-order valence-electron chi connectivity index (χ1n) is 5.86. The van der Waals surface area contributed by atoms with Crippen LogP contribution in [0.25, 0.3) is 0 Å². The Bertz CT molecular complexity index is 559. The molecule has 0 heterocycles. The van der Waals surface area contributed by atoms with Gasteiger partial charge in [-0.1, -0.05) is 32.0 Å². The van der Waals surface area contributed by atoms with Crippen LogP contribution >= 0.6 is 0 Å². The molecule has 0 saturated carbocycles. The van der Waals surface area contributed by atoms with Crippen LogP contribution < -0.4 is 11.5 Å². The van der Waals surface area contributed by atoms with Crippen LogP contribution in [0.3, 0.4) is 0 Å². The smallest absolute Gasteiger partial charge is 0.138 e. The Kier molecular flexibility index (Phi) is 2.91. The van der Waals surface area contributed by atoms with Crippen molar-refractivity contribution < 1.29 is 5.11 Å². The fraction of sp³-hybridized carbons (Fsp3) is 0.200. The van der Waals surface area contributed by atoms with Gasteiger partial charge in [-0.25, -0.2) is 0 Å². The molecule has 3 heteroatoms. The number of rotatable bonds is 2. The minimum atomic E-state index is -0.209. The molecular weight excluding hydrogens is 224 g/mol. The van der Waals surface area contributed by atoms with Crippen LogP contribution in [-0.2, 0) is 5.41 Å². The first-order chi connectivity index (χ1) is 8.41. The van der Waals surface area contributed by atoms with Crippen LogP contribution in [0.15, 0.2) is 42.5 Å². The molecule has 0 unspecified atom stereocenters. The molecule has 94 valence electrons. The second-order valence-electron chi connectivity index (χ2n) is 5.02. The Balaban J connectivity index is 2.46. The number of hydrogen-bond donors (Lipinski definition) is 3. The quantitative estimate of drug-likeness (QED) is 0.560. The molecule has 2 rings (SSSR count). The standard InChI is InChI=1S/C15H18N2O/c1-15(2,10-3-6-12(16)7-4-10)11-5-8-13(17)14(18)9-11/h3-9,18H,16-17H2,1-2H3. The molecule has 0 amide bonds. The summed E-state index contributed by atoms with van der Waals surface area (Å²) in [5, 5.41) is 9.71. The van der Waals surface area contributed by atoms with Crippen molar-refractivity contribution in [3.05, 3.63) is 53.6 Å². The van der Waals surface area contributed by atoms with Gasteiger partial charge in [0, 0.05) is 11.1 Å². The van der Waals surface area contributed by atoms with E-state index in [1.54, 1.807) is 12.1 Å². The lowest BCUT2D eigenvalue weighted by Gasteiger charge is -2.26. The van der Waals surface area contributed by atoms with Crippen LogP contribution in [0.2, 0.25) is 0 Å². The van der Waals surface area contributed by atoms with E-state index in [1.807, 2.05) is 30.3 Å². The van der Waals surface area contributed by atoms with E-state index in [0.29, 0.717) is 5.69 Å². The predicted molar refractivity (Wildman–Crippen MR) is 75.5 cm³/mol. The molecule has 0 radical (unpaired) electrons. The number of phenols is 1. The molecule has 0 atom stereocenters. The Morgan fingerprint density at radius 2 is 1.44 bits per heavy atom. The number of nitrogens with two attached hydrogens (primary N) is 2. The summed E-state index contributed by atoms with van der Waals surface area (Å²) in [7, 11) is 0. The Morgan fingerprint density at radius 3 is 2.00 bits per heavy atom. The lowest BCUT2D eigenvalue weighted by Crippen LogP contribution is -2.18. The molecule has 0 aromatic heterocycles. The largest absolute Gasteiger partial charge is 0.506 e. The van der Waals surface area contributed by atoms with Gasteiger partial charge in [0.2, 0.25) is 0 Å². The van der Waals surface area contributed by atoms with E-state index in [-0.39, 0.29) is 11.2 Å². The minimum absolute atomic E-state index is 0.121. The summed E-state index contributed by atoms with van der Waals surface area (Å²) in [5.74, 6) is 0.121. The van der Waals surface area contributed by atoms with Gasteiger partial charge in [-0.3, -0.25) is 0 Å². The maximum absolute atomic E-state index is 9.71. The summed E-state index contributed by atoms with van der Waals surface area (Å²) in [4.78, 5) is 0. The van der Waals surface area contributed by atoms with Crippen LogP contribution in [0.1, 0.15) is 25.0 Å². The maximum atomic E-state index is 9.71. The van der Waals surface area contributed by atoms with Crippen molar-refractivity contribution in [2.75, 3.05) is 11.5 Å². The van der Waals surface area contributed by atoms with Crippen molar-refractivity contribution in [2.45, 2.75) is 19.3 Å². The third-order valence-electron chi connectivity index (χ3n) is 3.38. The summed E-state index contributed by atoms with van der Waals surface area (Å²) < 4.78 is 0. The molecule has 0 fully saturated rings. The van der Waals surface area contributed by atoms with E-state index in [2.05, 4.69) is 13.8 Å². The molecule has 0 aliphatic carbocycles. The van der Waals surface area contributed by atoms with Crippen LogP contribution in [0.5, 0.6) is 5.75 Å². The molecule has 3 nitrogen and oxygen atoms in total. The highest BCUT2D eigenvalue weighted by Crippen LogP contribution is 2.35. The van der Waals surface area contributed by atoms with Gasteiger partial charge < -0.3 is 16.6 Å². The first-order valence-corrected chi connectivity index (χ1v) is 5.86. The van der Waals surface area contributed by atoms with Crippen LogP contribution in [0, 0.1) is 0 Å². The highest BCUT2D eigenvalue weighted by Gasteiger charge is 2.23. The van der Waals surface area contributed by atoms with Crippen molar-refractivity contribution >= 4 is 11.4 Å². The summed E-state index contributed by atoms with van der Waals surface area (Å²) in [6.07, 6.45) is 0. The average Bonchev–Trinajstić information content (AvgIpc) is 2.33. The predicted octanol–water partition coefficient (Wildman–Crippen LogP) is 2.88. The van der Waals surface area contributed by atoms with Crippen LogP contribution in [-0.4, -0.2) is 5.11 Å². The normalized spacial score (nSPS) is 11.4. The number of phenolic OH excluding ortho intramolecular Hbond substituents is 1. The molecule has 2 aromatic rings. The summed E-state index contributed by atoms with van der Waals surface area (Å²) in [5.41, 5.74) is 14.4. The Labute approximate surface area is 107 Å². The molecule has 0 aliphatic rings. The third-order valence-corrected chi connectivity index (χ3v) is 3.38. The first kappa shape index (κ1) is 12.3. The van der Waals surface area contributed by atoms with E-state index in [1.165, 1.54) is 0 Å². The molecule has 0 saturated heterocycles. The topological polar surface area (TPSA) is 72.3 Å². The zero-order chi connectivity index (χ0) is 13.3. The fourth-order valence-corrected chi connectivity index (χ4v) is 2.00. The number of aromatic hydroxyl groups is 1. The van der Waals surface area contributed by atoms with Gasteiger partial charge in [0.05, 0.1) is 5.69 Å². The van der Waals surface area contributed by atoms with Gasteiger partial charge in [-0.15, -0.1) is 0 Å². The number of hydrogen-bond acceptors (Lipinski definition) is 3. The Morgan fingerprint density at radius 1 is 0.889 bits per heavy atom. The van der Waals surface area contributed by atoms with Crippen molar-refractivity contribution in [3.63, 3.8) is 0 Å². The number of nitrogen functional groups attached to an aromatic ring is 2. The zero-order valence-corrected chi connectivity index (χ0v) is 10.6. The van der Waals surface area contributed by atoms with Crippen LogP contribution in [0.4, 0.5) is 11.4 Å². The minimum Gasteiger partial charge on any atom is -0.506 e. The number of anilines is 2. The van der Waals surface area contributed by atoms with E-state index in [9.17, 15) is 5.11 Å². The summed E-state index contributed by atoms with van der Waals surface area (Å²) in [6.45, 7) is 4.20. The highest BCUT2D eigenvalue weighted by atomic mass is 16.3. The van der Waals surface area contributed by atoms with Gasteiger partial charge in [-0.2, -0.15) is 0 Å². The second kappa shape index (κ2) is 4.26. The van der Waals surface area contributed by atoms with E-state index >= 15 is 0 Å². The summed E-state index contributed by atoms with van der Waals surface area (Å²) in [6, 6.07) is 13.1. The molecule has 18 heavy (non-hydrogen) atoms. The lowest BCUT2D eigenvalue weighted by molar-refractivity contribution is 0.475. The van der Waals surface area contributed by atoms with Gasteiger partial charge in [-0.05, 0) is 35.4 Å². The fourth-order valence-electron chi connectivity index (χ4n) is 2.00. The molecule has 5 N–H and O–H groups in total. The van der Waals surface area contributed by atoms with E-state index in [0.717, 1.165) is 16.8 Å². The van der Waals surface area contributed by atoms with Crippen molar-refractivity contribution in [1.82, 2.24) is 0 Å². The lowest BCUT2D eigenvalue weighted by atomic mass is 9.78. The molecular formula is C15H18N2O. The monoisotopic (exact) mass is 242 g/mol.